The molecule has 0 saturated carbocycles. The molecular weight excluding hydrogens is 405 g/mol. The minimum absolute atomic E-state index is 0.00740. The topological polar surface area (TPSA) is 90.3 Å². The monoisotopic (exact) mass is 427 g/mol. The first-order valence-electron chi connectivity index (χ1n) is 10.1. The molecule has 0 spiro atoms. The standard InChI is InChI=1S/C22H23ClFN5O/c1-29-12-3-4-13(29)8-14(7-12)30-20-10-19-15(9-18(20)25)21(26)28-22(27-19)11-2-5-17(24)16(23)6-11/h2,5-6,9-10,12-14H,3-4,7-8,25H2,1H3,(H2,26,27,28). The van der Waals surface area contributed by atoms with E-state index in [1.54, 1.807) is 12.1 Å². The van der Waals surface area contributed by atoms with Gasteiger partial charge in [-0.25, -0.2) is 14.4 Å². The summed E-state index contributed by atoms with van der Waals surface area (Å²) in [6, 6.07) is 9.06. The molecule has 3 aromatic rings. The molecule has 1 aromatic heterocycles. The molecule has 2 atom stereocenters. The highest BCUT2D eigenvalue weighted by molar-refractivity contribution is 6.31. The van der Waals surface area contributed by atoms with E-state index in [0.717, 1.165) is 12.8 Å². The Labute approximate surface area is 179 Å². The van der Waals surface area contributed by atoms with E-state index < -0.39 is 5.82 Å². The van der Waals surface area contributed by atoms with Gasteiger partial charge in [0.1, 0.15) is 23.5 Å². The maximum Gasteiger partial charge on any atom is 0.162 e. The van der Waals surface area contributed by atoms with Crippen LogP contribution in [0.2, 0.25) is 5.02 Å². The number of benzene rings is 2. The molecule has 3 heterocycles. The van der Waals surface area contributed by atoms with Crippen LogP contribution in [-0.2, 0) is 0 Å². The van der Waals surface area contributed by atoms with Gasteiger partial charge in [-0.2, -0.15) is 0 Å². The number of anilines is 2. The number of nitrogen functional groups attached to an aromatic ring is 2. The van der Waals surface area contributed by atoms with Gasteiger partial charge in [0.25, 0.3) is 0 Å². The van der Waals surface area contributed by atoms with Gasteiger partial charge < -0.3 is 21.1 Å². The van der Waals surface area contributed by atoms with E-state index in [-0.39, 0.29) is 11.1 Å². The largest absolute Gasteiger partial charge is 0.488 e. The lowest BCUT2D eigenvalue weighted by Crippen LogP contribution is -2.43. The van der Waals surface area contributed by atoms with Crippen LogP contribution in [0.4, 0.5) is 15.9 Å². The fourth-order valence-corrected chi connectivity index (χ4v) is 4.88. The number of piperidine rings is 1. The van der Waals surface area contributed by atoms with Crippen molar-refractivity contribution in [2.45, 2.75) is 43.9 Å². The molecule has 0 aliphatic carbocycles. The van der Waals surface area contributed by atoms with Gasteiger partial charge in [-0.3, -0.25) is 0 Å². The van der Waals surface area contributed by atoms with E-state index in [9.17, 15) is 4.39 Å². The van der Waals surface area contributed by atoms with Crippen LogP contribution in [0.15, 0.2) is 30.3 Å². The number of rotatable bonds is 3. The lowest BCUT2D eigenvalue weighted by atomic mass is 10.0. The molecule has 2 aromatic carbocycles. The Kier molecular flexibility index (Phi) is 4.67. The first-order chi connectivity index (χ1) is 14.4. The zero-order valence-corrected chi connectivity index (χ0v) is 17.4. The number of halogens is 2. The molecule has 156 valence electrons. The highest BCUT2D eigenvalue weighted by Crippen LogP contribution is 2.38. The molecule has 8 heteroatoms. The zero-order chi connectivity index (χ0) is 21.0. The second-order valence-electron chi connectivity index (χ2n) is 8.23. The quantitative estimate of drug-likeness (QED) is 0.607. The predicted octanol–water partition coefficient (Wildman–Crippen LogP) is 4.26. The minimum atomic E-state index is -0.496. The van der Waals surface area contributed by atoms with Gasteiger partial charge in [-0.1, -0.05) is 11.6 Å². The van der Waals surface area contributed by atoms with Crippen molar-refractivity contribution >= 4 is 34.0 Å². The van der Waals surface area contributed by atoms with Crippen LogP contribution < -0.4 is 16.2 Å². The molecule has 4 N–H and O–H groups in total. The summed E-state index contributed by atoms with van der Waals surface area (Å²) in [7, 11) is 2.20. The Balaban J connectivity index is 1.49. The third-order valence-corrected chi connectivity index (χ3v) is 6.67. The van der Waals surface area contributed by atoms with Gasteiger partial charge in [0.15, 0.2) is 5.82 Å². The van der Waals surface area contributed by atoms with Crippen molar-refractivity contribution in [1.82, 2.24) is 14.9 Å². The first kappa shape index (κ1) is 19.3. The molecule has 2 bridgehead atoms. The third-order valence-electron chi connectivity index (χ3n) is 6.38. The maximum atomic E-state index is 13.5. The number of ether oxygens (including phenoxy) is 1. The summed E-state index contributed by atoms with van der Waals surface area (Å²) < 4.78 is 19.8. The fourth-order valence-electron chi connectivity index (χ4n) is 4.70. The van der Waals surface area contributed by atoms with Crippen molar-refractivity contribution in [1.29, 1.82) is 0 Å². The van der Waals surface area contributed by atoms with Gasteiger partial charge in [-0.05, 0) is 57.0 Å². The van der Waals surface area contributed by atoms with Gasteiger partial charge in [0.2, 0.25) is 0 Å². The molecule has 5 rings (SSSR count). The van der Waals surface area contributed by atoms with Crippen molar-refractivity contribution < 1.29 is 9.13 Å². The number of aromatic nitrogens is 2. The average molecular weight is 428 g/mol. The van der Waals surface area contributed by atoms with Gasteiger partial charge in [-0.15, -0.1) is 0 Å². The molecule has 0 radical (unpaired) electrons. The SMILES string of the molecule is CN1C2CCC1CC(Oc1cc3nc(-c4ccc(F)c(Cl)c4)nc(N)c3cc1N)C2. The summed E-state index contributed by atoms with van der Waals surface area (Å²) in [5.74, 6) is 0.781. The maximum absolute atomic E-state index is 13.5. The molecule has 2 saturated heterocycles. The van der Waals surface area contributed by atoms with E-state index in [4.69, 9.17) is 27.8 Å². The lowest BCUT2D eigenvalue weighted by molar-refractivity contribution is 0.0667. The minimum Gasteiger partial charge on any atom is -0.488 e. The van der Waals surface area contributed by atoms with Crippen LogP contribution in [0.1, 0.15) is 25.7 Å². The summed E-state index contributed by atoms with van der Waals surface area (Å²) in [4.78, 5) is 11.4. The molecule has 2 fully saturated rings. The highest BCUT2D eigenvalue weighted by Gasteiger charge is 2.39. The van der Waals surface area contributed by atoms with Crippen LogP contribution in [0.25, 0.3) is 22.3 Å². The third kappa shape index (κ3) is 3.32. The van der Waals surface area contributed by atoms with Crippen molar-refractivity contribution in [3.05, 3.63) is 41.2 Å². The molecule has 2 aliphatic rings. The number of nitrogens with zero attached hydrogens (tertiary/aromatic N) is 3. The Morgan fingerprint density at radius 1 is 1.10 bits per heavy atom. The Hall–Kier alpha value is -2.64. The molecule has 2 aliphatic heterocycles. The zero-order valence-electron chi connectivity index (χ0n) is 16.6. The molecule has 30 heavy (non-hydrogen) atoms. The summed E-state index contributed by atoms with van der Waals surface area (Å²) in [5.41, 5.74) is 14.2. The van der Waals surface area contributed by atoms with Crippen molar-refractivity contribution in [2.24, 2.45) is 0 Å². The highest BCUT2D eigenvalue weighted by atomic mass is 35.5. The predicted molar refractivity (Wildman–Crippen MR) is 117 cm³/mol. The molecule has 2 unspecified atom stereocenters. The van der Waals surface area contributed by atoms with E-state index in [2.05, 4.69) is 21.9 Å². The molecule has 0 amide bonds. The lowest BCUT2D eigenvalue weighted by Gasteiger charge is -2.36. The first-order valence-corrected chi connectivity index (χ1v) is 10.5. The van der Waals surface area contributed by atoms with Gasteiger partial charge in [0, 0.05) is 29.1 Å². The van der Waals surface area contributed by atoms with Gasteiger partial charge in [0.05, 0.1) is 16.2 Å². The van der Waals surface area contributed by atoms with Crippen molar-refractivity contribution in [3.8, 4) is 17.1 Å². The number of hydrogen-bond acceptors (Lipinski definition) is 6. The van der Waals surface area contributed by atoms with Crippen LogP contribution in [0.3, 0.4) is 0 Å². The van der Waals surface area contributed by atoms with E-state index in [1.165, 1.54) is 25.0 Å². The summed E-state index contributed by atoms with van der Waals surface area (Å²) in [5, 5.41) is 0.660. The average Bonchev–Trinajstić information content (AvgIpc) is 2.92. The Bertz CT molecular complexity index is 1130. The van der Waals surface area contributed by atoms with Crippen LogP contribution in [-0.4, -0.2) is 40.1 Å². The second kappa shape index (κ2) is 7.25. The second-order valence-corrected chi connectivity index (χ2v) is 8.64. The molecular formula is C22H23ClFN5O. The summed E-state index contributed by atoms with van der Waals surface area (Å²) in [6.45, 7) is 0. The molecule has 6 nitrogen and oxygen atoms in total. The van der Waals surface area contributed by atoms with Crippen LogP contribution in [0.5, 0.6) is 5.75 Å². The summed E-state index contributed by atoms with van der Waals surface area (Å²) >= 11 is 5.91. The Morgan fingerprint density at radius 3 is 2.53 bits per heavy atom. The number of hydrogen-bond donors (Lipinski definition) is 2. The van der Waals surface area contributed by atoms with Crippen molar-refractivity contribution in [2.75, 3.05) is 18.5 Å². The smallest absolute Gasteiger partial charge is 0.162 e. The fraction of sp³-hybridized carbons (Fsp3) is 0.364. The van der Waals surface area contributed by atoms with Crippen molar-refractivity contribution in [3.63, 3.8) is 0 Å². The normalized spacial score (nSPS) is 23.8. The van der Waals surface area contributed by atoms with Crippen LogP contribution in [0, 0.1) is 5.82 Å². The van der Waals surface area contributed by atoms with E-state index in [1.807, 2.05) is 6.07 Å². The van der Waals surface area contributed by atoms with E-state index >= 15 is 0 Å². The van der Waals surface area contributed by atoms with Crippen LogP contribution >= 0.6 is 11.6 Å². The Morgan fingerprint density at radius 2 is 1.83 bits per heavy atom. The number of fused-ring (bicyclic) bond motifs is 3. The van der Waals surface area contributed by atoms with E-state index in [0.29, 0.717) is 51.6 Å². The number of nitrogens with two attached hydrogens (primary N) is 2. The summed E-state index contributed by atoms with van der Waals surface area (Å²) in [6.07, 6.45) is 4.57. The van der Waals surface area contributed by atoms with Gasteiger partial charge >= 0.3 is 0 Å².